The molecule has 0 radical (unpaired) electrons. The standard InChI is InChI=1S/C13H25N3O/c1-14-13(5-3-2-4-6-13)11-12(17)16-9-7-15-8-10-16/h14-15H,2-11H2,1H3. The first kappa shape index (κ1) is 12.8. The number of nitrogens with one attached hydrogen (secondary N) is 2. The van der Waals surface area contributed by atoms with E-state index in [2.05, 4.69) is 10.6 Å². The van der Waals surface area contributed by atoms with E-state index in [4.69, 9.17) is 0 Å². The van der Waals surface area contributed by atoms with E-state index in [1.165, 1.54) is 19.3 Å². The molecule has 2 rings (SSSR count). The molecular formula is C13H25N3O. The first-order valence-electron chi connectivity index (χ1n) is 6.93. The molecule has 2 fully saturated rings. The number of carbonyl (C=O) groups excluding carboxylic acids is 1. The molecule has 1 amide bonds. The van der Waals surface area contributed by atoms with E-state index in [0.29, 0.717) is 12.3 Å². The Balaban J connectivity index is 1.90. The Morgan fingerprint density at radius 3 is 2.47 bits per heavy atom. The lowest BCUT2D eigenvalue weighted by atomic mass is 9.79. The van der Waals surface area contributed by atoms with Crippen molar-refractivity contribution in [3.63, 3.8) is 0 Å². The van der Waals surface area contributed by atoms with Gasteiger partial charge in [-0.05, 0) is 19.9 Å². The van der Waals surface area contributed by atoms with Gasteiger partial charge in [-0.1, -0.05) is 19.3 Å². The number of hydrogen-bond acceptors (Lipinski definition) is 3. The molecule has 98 valence electrons. The van der Waals surface area contributed by atoms with Gasteiger partial charge < -0.3 is 15.5 Å². The zero-order chi connectivity index (χ0) is 12.1. The molecule has 0 aromatic rings. The molecule has 0 unspecified atom stereocenters. The van der Waals surface area contributed by atoms with Crippen LogP contribution in [0.3, 0.4) is 0 Å². The first-order chi connectivity index (χ1) is 8.26. The molecular weight excluding hydrogens is 214 g/mol. The van der Waals surface area contributed by atoms with Crippen molar-refractivity contribution in [2.45, 2.75) is 44.1 Å². The highest BCUT2D eigenvalue weighted by molar-refractivity contribution is 5.77. The fourth-order valence-corrected chi connectivity index (χ4v) is 3.06. The summed E-state index contributed by atoms with van der Waals surface area (Å²) in [6.07, 6.45) is 6.84. The van der Waals surface area contributed by atoms with Gasteiger partial charge in [-0.3, -0.25) is 4.79 Å². The topological polar surface area (TPSA) is 44.4 Å². The molecule has 0 bridgehead atoms. The third-order valence-electron chi connectivity index (χ3n) is 4.30. The summed E-state index contributed by atoms with van der Waals surface area (Å²) in [5.41, 5.74) is 0.0835. The van der Waals surface area contributed by atoms with Crippen LogP contribution < -0.4 is 10.6 Å². The van der Waals surface area contributed by atoms with E-state index < -0.39 is 0 Å². The van der Waals surface area contributed by atoms with Crippen LogP contribution in [-0.2, 0) is 4.79 Å². The van der Waals surface area contributed by atoms with E-state index in [1.54, 1.807) is 0 Å². The van der Waals surface area contributed by atoms with E-state index in [1.807, 2.05) is 11.9 Å². The molecule has 2 aliphatic rings. The monoisotopic (exact) mass is 239 g/mol. The lowest BCUT2D eigenvalue weighted by molar-refractivity contribution is -0.133. The van der Waals surface area contributed by atoms with Crippen LogP contribution in [0.25, 0.3) is 0 Å². The van der Waals surface area contributed by atoms with Crippen molar-refractivity contribution in [2.75, 3.05) is 33.2 Å². The Labute approximate surface area is 104 Å². The quantitative estimate of drug-likeness (QED) is 0.763. The van der Waals surface area contributed by atoms with Crippen LogP contribution in [0.15, 0.2) is 0 Å². The molecule has 17 heavy (non-hydrogen) atoms. The minimum Gasteiger partial charge on any atom is -0.340 e. The zero-order valence-electron chi connectivity index (χ0n) is 10.9. The Morgan fingerprint density at radius 1 is 1.24 bits per heavy atom. The van der Waals surface area contributed by atoms with Gasteiger partial charge in [0.1, 0.15) is 0 Å². The second-order valence-corrected chi connectivity index (χ2v) is 5.40. The van der Waals surface area contributed by atoms with Crippen LogP contribution in [0.2, 0.25) is 0 Å². The third-order valence-corrected chi connectivity index (χ3v) is 4.30. The fraction of sp³-hybridized carbons (Fsp3) is 0.923. The highest BCUT2D eigenvalue weighted by atomic mass is 16.2. The molecule has 0 spiro atoms. The number of amides is 1. The zero-order valence-corrected chi connectivity index (χ0v) is 10.9. The largest absolute Gasteiger partial charge is 0.340 e. The summed E-state index contributed by atoms with van der Waals surface area (Å²) in [5, 5.41) is 6.71. The third kappa shape index (κ3) is 3.19. The van der Waals surface area contributed by atoms with Crippen LogP contribution >= 0.6 is 0 Å². The van der Waals surface area contributed by atoms with Gasteiger partial charge >= 0.3 is 0 Å². The van der Waals surface area contributed by atoms with Gasteiger partial charge in [0.05, 0.1) is 0 Å². The molecule has 4 heteroatoms. The van der Waals surface area contributed by atoms with Gasteiger partial charge in [0, 0.05) is 38.1 Å². The maximum absolute atomic E-state index is 12.3. The lowest BCUT2D eigenvalue weighted by Gasteiger charge is -2.39. The summed E-state index contributed by atoms with van der Waals surface area (Å²) >= 11 is 0. The second kappa shape index (κ2) is 5.83. The number of piperazine rings is 1. The summed E-state index contributed by atoms with van der Waals surface area (Å²) in [6, 6.07) is 0. The SMILES string of the molecule is CNC1(CC(=O)N2CCNCC2)CCCCC1. The van der Waals surface area contributed by atoms with Gasteiger partial charge in [-0.2, -0.15) is 0 Å². The van der Waals surface area contributed by atoms with Crippen molar-refractivity contribution in [2.24, 2.45) is 0 Å². The van der Waals surface area contributed by atoms with Gasteiger partial charge in [0.15, 0.2) is 0 Å². The Kier molecular flexibility index (Phi) is 4.40. The molecule has 1 aliphatic carbocycles. The molecule has 2 N–H and O–H groups in total. The van der Waals surface area contributed by atoms with Crippen LogP contribution in [0, 0.1) is 0 Å². The fourth-order valence-electron chi connectivity index (χ4n) is 3.06. The minimum absolute atomic E-state index is 0.0835. The van der Waals surface area contributed by atoms with Crippen molar-refractivity contribution in [1.82, 2.24) is 15.5 Å². The molecule has 1 heterocycles. The van der Waals surface area contributed by atoms with Crippen LogP contribution in [-0.4, -0.2) is 49.6 Å². The highest BCUT2D eigenvalue weighted by Gasteiger charge is 2.34. The van der Waals surface area contributed by atoms with Crippen molar-refractivity contribution >= 4 is 5.91 Å². The highest BCUT2D eigenvalue weighted by Crippen LogP contribution is 2.31. The van der Waals surface area contributed by atoms with Crippen LogP contribution in [0.4, 0.5) is 0 Å². The Bertz CT molecular complexity index is 255. The smallest absolute Gasteiger partial charge is 0.224 e. The molecule has 0 aromatic heterocycles. The molecule has 4 nitrogen and oxygen atoms in total. The number of hydrogen-bond donors (Lipinski definition) is 2. The average Bonchev–Trinajstić information content (AvgIpc) is 2.41. The number of carbonyl (C=O) groups is 1. The number of rotatable bonds is 3. The van der Waals surface area contributed by atoms with Crippen molar-refractivity contribution in [3.05, 3.63) is 0 Å². The van der Waals surface area contributed by atoms with Gasteiger partial charge in [0.25, 0.3) is 0 Å². The summed E-state index contributed by atoms with van der Waals surface area (Å²) in [6.45, 7) is 3.63. The molecule has 1 saturated carbocycles. The first-order valence-corrected chi connectivity index (χ1v) is 6.93. The Morgan fingerprint density at radius 2 is 1.88 bits per heavy atom. The second-order valence-electron chi connectivity index (χ2n) is 5.40. The summed E-state index contributed by atoms with van der Waals surface area (Å²) in [4.78, 5) is 14.3. The van der Waals surface area contributed by atoms with E-state index in [9.17, 15) is 4.79 Å². The van der Waals surface area contributed by atoms with Gasteiger partial charge in [-0.25, -0.2) is 0 Å². The predicted octanol–water partition coefficient (Wildman–Crippen LogP) is 0.731. The van der Waals surface area contributed by atoms with Crippen LogP contribution in [0.1, 0.15) is 38.5 Å². The van der Waals surface area contributed by atoms with Gasteiger partial charge in [-0.15, -0.1) is 0 Å². The normalized spacial score (nSPS) is 24.6. The van der Waals surface area contributed by atoms with Gasteiger partial charge in [0.2, 0.25) is 5.91 Å². The summed E-state index contributed by atoms with van der Waals surface area (Å²) in [5.74, 6) is 0.336. The van der Waals surface area contributed by atoms with Crippen molar-refractivity contribution in [1.29, 1.82) is 0 Å². The maximum atomic E-state index is 12.3. The van der Waals surface area contributed by atoms with E-state index in [0.717, 1.165) is 39.0 Å². The average molecular weight is 239 g/mol. The maximum Gasteiger partial charge on any atom is 0.224 e. The van der Waals surface area contributed by atoms with E-state index in [-0.39, 0.29) is 5.54 Å². The van der Waals surface area contributed by atoms with Crippen molar-refractivity contribution < 1.29 is 4.79 Å². The summed E-state index contributed by atoms with van der Waals surface area (Å²) in [7, 11) is 2.01. The molecule has 1 aliphatic heterocycles. The van der Waals surface area contributed by atoms with Crippen LogP contribution in [0.5, 0.6) is 0 Å². The molecule has 0 atom stereocenters. The van der Waals surface area contributed by atoms with E-state index >= 15 is 0 Å². The van der Waals surface area contributed by atoms with Crippen molar-refractivity contribution in [3.8, 4) is 0 Å². The number of nitrogens with zero attached hydrogens (tertiary/aromatic N) is 1. The Hall–Kier alpha value is -0.610. The molecule has 1 saturated heterocycles. The minimum atomic E-state index is 0.0835. The lowest BCUT2D eigenvalue weighted by Crippen LogP contribution is -2.52. The predicted molar refractivity (Wildman–Crippen MR) is 68.9 cm³/mol. The molecule has 0 aromatic carbocycles. The summed E-state index contributed by atoms with van der Waals surface area (Å²) < 4.78 is 0.